The zero-order valence-corrected chi connectivity index (χ0v) is 23.6. The van der Waals surface area contributed by atoms with Gasteiger partial charge in [0.15, 0.2) is 5.82 Å². The number of likely N-dealkylation sites (N-methyl/N-ethyl adjacent to an activating group) is 1. The molecular weight excluding hydrogens is 542 g/mol. The van der Waals surface area contributed by atoms with Crippen molar-refractivity contribution in [1.82, 2.24) is 25.3 Å². The molecule has 0 bridgehead atoms. The molecule has 2 N–H and O–H groups in total. The summed E-state index contributed by atoms with van der Waals surface area (Å²) in [5.74, 6) is -3.67. The number of alkyl halides is 2. The third-order valence-electron chi connectivity index (χ3n) is 6.55. The van der Waals surface area contributed by atoms with Crippen LogP contribution in [0.25, 0.3) is 11.3 Å². The lowest BCUT2D eigenvalue weighted by Gasteiger charge is -2.25. The number of halogens is 2. The van der Waals surface area contributed by atoms with E-state index in [1.807, 2.05) is 0 Å². The average molecular weight is 575 g/mol. The van der Waals surface area contributed by atoms with Crippen LogP contribution in [0.15, 0.2) is 45.9 Å². The lowest BCUT2D eigenvalue weighted by Crippen LogP contribution is -2.30. The van der Waals surface area contributed by atoms with E-state index in [-0.39, 0.29) is 48.6 Å². The monoisotopic (exact) mass is 574 g/mol. The predicted molar refractivity (Wildman–Crippen MR) is 148 cm³/mol. The summed E-state index contributed by atoms with van der Waals surface area (Å²) in [6, 6.07) is 6.28. The van der Waals surface area contributed by atoms with E-state index < -0.39 is 27.5 Å². The first kappa shape index (κ1) is 29.2. The van der Waals surface area contributed by atoms with Gasteiger partial charge in [-0.05, 0) is 44.2 Å². The fourth-order valence-electron chi connectivity index (χ4n) is 4.53. The van der Waals surface area contributed by atoms with E-state index in [4.69, 9.17) is 0 Å². The average Bonchev–Trinajstić information content (AvgIpc) is 3.22. The highest BCUT2D eigenvalue weighted by atomic mass is 32.2. The van der Waals surface area contributed by atoms with Gasteiger partial charge in [-0.25, -0.2) is 13.0 Å². The zero-order valence-electron chi connectivity index (χ0n) is 22.8. The van der Waals surface area contributed by atoms with Gasteiger partial charge in [-0.3, -0.25) is 14.3 Å². The van der Waals surface area contributed by atoms with E-state index >= 15 is 0 Å². The predicted octanol–water partition coefficient (Wildman–Crippen LogP) is 3.27. The van der Waals surface area contributed by atoms with Crippen LogP contribution in [0.5, 0.6) is 0 Å². The van der Waals surface area contributed by atoms with Gasteiger partial charge in [0.1, 0.15) is 0 Å². The van der Waals surface area contributed by atoms with Crippen molar-refractivity contribution in [3.8, 4) is 11.3 Å². The highest BCUT2D eigenvalue weighted by Gasteiger charge is 2.34. The summed E-state index contributed by atoms with van der Waals surface area (Å²) in [6.45, 7) is 1.98. The molecule has 1 aliphatic heterocycles. The number of nitrogens with one attached hydrogen (secondary N) is 2. The largest absolute Gasteiger partial charge is 0.354 e. The van der Waals surface area contributed by atoms with Crippen LogP contribution < -0.4 is 15.5 Å². The molecule has 1 unspecified atom stereocenters. The first-order valence-corrected chi connectivity index (χ1v) is 14.6. The molecule has 2 aromatic heterocycles. The van der Waals surface area contributed by atoms with Gasteiger partial charge in [-0.15, -0.1) is 10.2 Å². The Morgan fingerprint density at radius 3 is 2.67 bits per heavy atom. The van der Waals surface area contributed by atoms with Crippen molar-refractivity contribution >= 4 is 33.0 Å². The smallest absolute Gasteiger partial charge is 0.267 e. The number of nitrogens with zero attached hydrogens (tertiary/aromatic N) is 6. The maximum Gasteiger partial charge on any atom is 0.267 e. The Morgan fingerprint density at radius 1 is 1.20 bits per heavy atom. The molecule has 14 heteroatoms. The molecule has 0 radical (unpaired) electrons. The van der Waals surface area contributed by atoms with Crippen LogP contribution in [0.1, 0.15) is 35.2 Å². The molecule has 1 saturated heterocycles. The summed E-state index contributed by atoms with van der Waals surface area (Å²) < 4.78 is 46.8. The minimum Gasteiger partial charge on any atom is -0.354 e. The second kappa shape index (κ2) is 11.8. The Balaban J connectivity index is 1.73. The van der Waals surface area contributed by atoms with Crippen molar-refractivity contribution in [2.45, 2.75) is 37.0 Å². The van der Waals surface area contributed by atoms with Crippen molar-refractivity contribution in [2.24, 2.45) is 11.4 Å². The summed E-state index contributed by atoms with van der Waals surface area (Å²) in [5.41, 5.74) is 2.11. The minimum atomic E-state index is -3.07. The number of anilines is 2. The second-order valence-electron chi connectivity index (χ2n) is 9.77. The molecular formula is C26H32F2N8O3S. The van der Waals surface area contributed by atoms with E-state index in [0.29, 0.717) is 29.1 Å². The number of aryl methyl sites for hydroxylation is 1. The topological polar surface area (TPSA) is 134 Å². The normalized spacial score (nSPS) is 16.6. The SMILES string of the molecule is CNCC(=O)N=S(C)(=O)c1cccc(NC(=O)c2c(N3CCCC(F)(F)CC3)nnc(-c3cnn(C)c3)c2C)c1. The maximum absolute atomic E-state index is 14.1. The van der Waals surface area contributed by atoms with Gasteiger partial charge in [0.2, 0.25) is 5.92 Å². The number of rotatable bonds is 7. The van der Waals surface area contributed by atoms with Gasteiger partial charge in [0.25, 0.3) is 11.8 Å². The number of amides is 2. The minimum absolute atomic E-state index is 0.0170. The van der Waals surface area contributed by atoms with Gasteiger partial charge in [-0.1, -0.05) is 6.07 Å². The van der Waals surface area contributed by atoms with E-state index in [1.54, 1.807) is 61.2 Å². The van der Waals surface area contributed by atoms with Crippen LogP contribution in [-0.2, 0) is 21.6 Å². The summed E-state index contributed by atoms with van der Waals surface area (Å²) in [4.78, 5) is 27.7. The van der Waals surface area contributed by atoms with Crippen molar-refractivity contribution < 1.29 is 22.6 Å². The van der Waals surface area contributed by atoms with Crippen LogP contribution in [0.4, 0.5) is 20.3 Å². The van der Waals surface area contributed by atoms with Crippen molar-refractivity contribution in [3.05, 3.63) is 47.8 Å². The standard InChI is InChI=1S/C26H32F2N8O3S/c1-17-22(25(38)31-19-7-5-8-20(13-19)40(4,39)34-21(37)15-29-2)24(36-11-6-9-26(27,28)10-12-36)33-32-23(17)18-14-30-35(3)16-18/h5,7-8,13-14,16,29H,6,9-12,15H2,1-4H3,(H,31,38). The van der Waals surface area contributed by atoms with Crippen LogP contribution in [-0.4, -0.2) is 74.9 Å². The zero-order chi connectivity index (χ0) is 29.1. The Kier molecular flexibility index (Phi) is 8.59. The molecule has 11 nitrogen and oxygen atoms in total. The van der Waals surface area contributed by atoms with E-state index in [9.17, 15) is 22.6 Å². The Morgan fingerprint density at radius 2 is 1.98 bits per heavy atom. The van der Waals surface area contributed by atoms with Gasteiger partial charge in [-0.2, -0.15) is 9.46 Å². The summed E-state index contributed by atoms with van der Waals surface area (Å²) in [7, 11) is 0.268. The molecule has 4 rings (SSSR count). The lowest BCUT2D eigenvalue weighted by molar-refractivity contribution is -0.116. The number of benzene rings is 1. The third-order valence-corrected chi connectivity index (χ3v) is 8.24. The summed E-state index contributed by atoms with van der Waals surface area (Å²) >= 11 is 0. The molecule has 0 saturated carbocycles. The molecule has 0 aliphatic carbocycles. The second-order valence-corrected chi connectivity index (χ2v) is 12.0. The molecule has 1 atom stereocenters. The number of carbonyl (C=O) groups excluding carboxylic acids is 2. The molecule has 1 fully saturated rings. The molecule has 214 valence electrons. The first-order valence-electron chi connectivity index (χ1n) is 12.7. The first-order chi connectivity index (χ1) is 18.9. The van der Waals surface area contributed by atoms with Gasteiger partial charge in [0, 0.05) is 61.6 Å². The quantitative estimate of drug-likeness (QED) is 0.439. The van der Waals surface area contributed by atoms with Crippen molar-refractivity contribution in [1.29, 1.82) is 0 Å². The Labute approximate surface area is 231 Å². The lowest BCUT2D eigenvalue weighted by atomic mass is 10.0. The van der Waals surface area contributed by atoms with Gasteiger partial charge < -0.3 is 15.5 Å². The fraction of sp³-hybridized carbons (Fsp3) is 0.423. The number of aromatic nitrogens is 4. The van der Waals surface area contributed by atoms with Crippen molar-refractivity contribution in [2.75, 3.05) is 43.2 Å². The Hall–Kier alpha value is -3.78. The molecule has 1 aromatic carbocycles. The molecule has 0 spiro atoms. The van der Waals surface area contributed by atoms with E-state index in [1.165, 1.54) is 12.3 Å². The maximum atomic E-state index is 14.1. The molecule has 3 heterocycles. The van der Waals surface area contributed by atoms with Crippen LogP contribution in [0.2, 0.25) is 0 Å². The molecule has 1 aliphatic rings. The number of hydrogen-bond acceptors (Lipinski definition) is 8. The van der Waals surface area contributed by atoms with Gasteiger partial charge >= 0.3 is 0 Å². The number of carbonyl (C=O) groups is 2. The van der Waals surface area contributed by atoms with E-state index in [0.717, 1.165) is 0 Å². The summed E-state index contributed by atoms with van der Waals surface area (Å²) in [6.07, 6.45) is 4.34. The summed E-state index contributed by atoms with van der Waals surface area (Å²) in [5, 5.41) is 18.3. The van der Waals surface area contributed by atoms with Crippen LogP contribution in [0, 0.1) is 6.92 Å². The van der Waals surface area contributed by atoms with Crippen molar-refractivity contribution in [3.63, 3.8) is 0 Å². The highest BCUT2D eigenvalue weighted by molar-refractivity contribution is 7.93. The third kappa shape index (κ3) is 6.67. The molecule has 40 heavy (non-hydrogen) atoms. The fourth-order valence-corrected chi connectivity index (χ4v) is 5.76. The van der Waals surface area contributed by atoms with Crippen LogP contribution >= 0.6 is 0 Å². The van der Waals surface area contributed by atoms with E-state index in [2.05, 4.69) is 30.3 Å². The molecule has 3 aromatic rings. The van der Waals surface area contributed by atoms with Gasteiger partial charge in [0.05, 0.1) is 33.7 Å². The highest BCUT2D eigenvalue weighted by Crippen LogP contribution is 2.33. The Bertz CT molecular complexity index is 1550. The van der Waals surface area contributed by atoms with Crippen LogP contribution in [0.3, 0.4) is 0 Å². The number of hydrogen-bond donors (Lipinski definition) is 2. The molecule has 2 amide bonds.